The summed E-state index contributed by atoms with van der Waals surface area (Å²) in [7, 11) is -1.87. The van der Waals surface area contributed by atoms with Crippen molar-refractivity contribution in [1.82, 2.24) is 0 Å². The predicted octanol–water partition coefficient (Wildman–Crippen LogP) is 4.61. The molecule has 0 aromatic heterocycles. The molecule has 0 aliphatic rings. The highest BCUT2D eigenvalue weighted by Crippen LogP contribution is 2.41. The summed E-state index contributed by atoms with van der Waals surface area (Å²) in [6.07, 6.45) is 0. The number of anilines is 1. The molecule has 96 valence electrons. The van der Waals surface area contributed by atoms with Gasteiger partial charge in [0, 0.05) is 0 Å². The third-order valence-corrected chi connectivity index (χ3v) is 8.20. The van der Waals surface area contributed by atoms with Crippen molar-refractivity contribution < 1.29 is 4.43 Å². The number of benzene rings is 1. The van der Waals surface area contributed by atoms with E-state index < -0.39 is 8.32 Å². The zero-order valence-electron chi connectivity index (χ0n) is 11.5. The largest absolute Gasteiger partial charge is 0.542 e. The molecule has 0 saturated carbocycles. The summed E-state index contributed by atoms with van der Waals surface area (Å²) in [5.74, 6) is 0.748. The first-order valence-corrected chi connectivity index (χ1v) is 9.08. The van der Waals surface area contributed by atoms with Gasteiger partial charge in [-0.3, -0.25) is 0 Å². The minimum Gasteiger partial charge on any atom is -0.542 e. The fourth-order valence-corrected chi connectivity index (χ4v) is 2.60. The Morgan fingerprint density at radius 2 is 1.76 bits per heavy atom. The lowest BCUT2D eigenvalue weighted by molar-refractivity contribution is 0.489. The van der Waals surface area contributed by atoms with Crippen molar-refractivity contribution in [2.24, 2.45) is 0 Å². The molecule has 4 heteroatoms. The molecular formula is C13H22ClNOSi. The smallest absolute Gasteiger partial charge is 0.250 e. The molecule has 0 spiro atoms. The Labute approximate surface area is 110 Å². The summed E-state index contributed by atoms with van der Waals surface area (Å²) in [6.45, 7) is 13.0. The van der Waals surface area contributed by atoms with Crippen LogP contribution in [0.5, 0.6) is 5.75 Å². The Kier molecular flexibility index (Phi) is 3.84. The number of nitrogens with two attached hydrogens (primary N) is 1. The van der Waals surface area contributed by atoms with Crippen LogP contribution >= 0.6 is 11.6 Å². The molecular weight excluding hydrogens is 250 g/mol. The van der Waals surface area contributed by atoms with Crippen LogP contribution in [-0.4, -0.2) is 8.32 Å². The van der Waals surface area contributed by atoms with Gasteiger partial charge in [-0.05, 0) is 36.7 Å². The highest BCUT2D eigenvalue weighted by Gasteiger charge is 2.39. The first kappa shape index (κ1) is 14.4. The average Bonchev–Trinajstić information content (AvgIpc) is 2.17. The van der Waals surface area contributed by atoms with E-state index in [1.807, 2.05) is 19.1 Å². The van der Waals surface area contributed by atoms with Crippen LogP contribution in [0.2, 0.25) is 23.2 Å². The van der Waals surface area contributed by atoms with Gasteiger partial charge in [-0.25, -0.2) is 0 Å². The summed E-state index contributed by atoms with van der Waals surface area (Å²) in [4.78, 5) is 0. The van der Waals surface area contributed by atoms with E-state index in [2.05, 4.69) is 33.9 Å². The Bertz CT molecular complexity index is 424. The number of hydrogen-bond acceptors (Lipinski definition) is 2. The van der Waals surface area contributed by atoms with Gasteiger partial charge in [0.05, 0.1) is 5.69 Å². The SMILES string of the molecule is Cc1ccc(N)c(Cl)c1O[Si](C)(C)C(C)(C)C. The highest BCUT2D eigenvalue weighted by atomic mass is 35.5. The summed E-state index contributed by atoms with van der Waals surface area (Å²) in [6, 6.07) is 3.76. The molecule has 0 saturated heterocycles. The Balaban J connectivity index is 3.16. The third kappa shape index (κ3) is 2.96. The second-order valence-corrected chi connectivity index (χ2v) is 11.1. The molecule has 1 aromatic carbocycles. The molecule has 17 heavy (non-hydrogen) atoms. The standard InChI is InChI=1S/C13H22ClNOSi/c1-9-7-8-10(15)11(14)12(9)16-17(5,6)13(2,3)4/h7-8H,15H2,1-6H3. The van der Waals surface area contributed by atoms with Crippen LogP contribution in [0, 0.1) is 6.92 Å². The van der Waals surface area contributed by atoms with Gasteiger partial charge in [0.2, 0.25) is 0 Å². The van der Waals surface area contributed by atoms with Gasteiger partial charge in [0.1, 0.15) is 10.8 Å². The second kappa shape index (κ2) is 4.54. The molecule has 0 bridgehead atoms. The van der Waals surface area contributed by atoms with Crippen LogP contribution in [0.25, 0.3) is 0 Å². The number of rotatable bonds is 2. The first-order chi connectivity index (χ1) is 7.56. The van der Waals surface area contributed by atoms with E-state index in [0.717, 1.165) is 11.3 Å². The van der Waals surface area contributed by atoms with Crippen molar-refractivity contribution in [3.8, 4) is 5.75 Å². The Morgan fingerprint density at radius 1 is 1.24 bits per heavy atom. The lowest BCUT2D eigenvalue weighted by Gasteiger charge is -2.37. The Hall–Kier alpha value is -0.673. The minimum atomic E-state index is -1.87. The van der Waals surface area contributed by atoms with E-state index in [9.17, 15) is 0 Å². The lowest BCUT2D eigenvalue weighted by atomic mass is 10.2. The molecule has 0 amide bonds. The molecule has 0 fully saturated rings. The van der Waals surface area contributed by atoms with Crippen molar-refractivity contribution >= 4 is 25.6 Å². The van der Waals surface area contributed by atoms with Crippen molar-refractivity contribution in [1.29, 1.82) is 0 Å². The summed E-state index contributed by atoms with van der Waals surface area (Å²) in [5, 5.41) is 0.683. The van der Waals surface area contributed by atoms with Crippen LogP contribution in [0.3, 0.4) is 0 Å². The molecule has 0 heterocycles. The van der Waals surface area contributed by atoms with E-state index in [4.69, 9.17) is 21.8 Å². The summed E-state index contributed by atoms with van der Waals surface area (Å²) >= 11 is 6.23. The molecule has 2 N–H and O–H groups in total. The van der Waals surface area contributed by atoms with E-state index in [0.29, 0.717) is 10.7 Å². The molecule has 0 radical (unpaired) electrons. The zero-order chi connectivity index (χ0) is 13.4. The van der Waals surface area contributed by atoms with E-state index >= 15 is 0 Å². The molecule has 1 rings (SSSR count). The summed E-state index contributed by atoms with van der Waals surface area (Å²) < 4.78 is 6.24. The lowest BCUT2D eigenvalue weighted by Crippen LogP contribution is -2.44. The molecule has 0 unspecified atom stereocenters. The minimum absolute atomic E-state index is 0.146. The van der Waals surface area contributed by atoms with Crippen LogP contribution < -0.4 is 10.2 Å². The highest BCUT2D eigenvalue weighted by molar-refractivity contribution is 6.74. The van der Waals surface area contributed by atoms with Crippen LogP contribution in [0.15, 0.2) is 12.1 Å². The zero-order valence-corrected chi connectivity index (χ0v) is 13.3. The van der Waals surface area contributed by atoms with Crippen LogP contribution in [0.1, 0.15) is 26.3 Å². The van der Waals surface area contributed by atoms with Crippen molar-refractivity contribution in [2.45, 2.75) is 45.8 Å². The maximum Gasteiger partial charge on any atom is 0.250 e. The average molecular weight is 272 g/mol. The van der Waals surface area contributed by atoms with E-state index in [1.165, 1.54) is 0 Å². The first-order valence-electron chi connectivity index (χ1n) is 5.80. The van der Waals surface area contributed by atoms with Gasteiger partial charge < -0.3 is 10.2 Å². The summed E-state index contributed by atoms with van der Waals surface area (Å²) in [5.41, 5.74) is 7.43. The van der Waals surface area contributed by atoms with Crippen LogP contribution in [-0.2, 0) is 0 Å². The fraction of sp³-hybridized carbons (Fsp3) is 0.538. The van der Waals surface area contributed by atoms with E-state index in [-0.39, 0.29) is 5.04 Å². The fourth-order valence-electron chi connectivity index (χ4n) is 1.20. The Morgan fingerprint density at radius 3 is 2.24 bits per heavy atom. The number of nitrogen functional groups attached to an aromatic ring is 1. The maximum absolute atomic E-state index is 6.24. The normalized spacial score (nSPS) is 12.6. The van der Waals surface area contributed by atoms with Gasteiger partial charge in [-0.1, -0.05) is 38.4 Å². The molecule has 0 aliphatic heterocycles. The second-order valence-electron chi connectivity index (χ2n) is 5.98. The molecule has 0 atom stereocenters. The van der Waals surface area contributed by atoms with Gasteiger partial charge in [0.15, 0.2) is 0 Å². The third-order valence-electron chi connectivity index (χ3n) is 3.49. The van der Waals surface area contributed by atoms with Gasteiger partial charge in [-0.15, -0.1) is 0 Å². The van der Waals surface area contributed by atoms with E-state index in [1.54, 1.807) is 0 Å². The van der Waals surface area contributed by atoms with Crippen molar-refractivity contribution in [2.75, 3.05) is 5.73 Å². The predicted molar refractivity (Wildman–Crippen MR) is 78.4 cm³/mol. The van der Waals surface area contributed by atoms with Gasteiger partial charge in [-0.2, -0.15) is 0 Å². The molecule has 0 aliphatic carbocycles. The number of hydrogen-bond donors (Lipinski definition) is 1. The van der Waals surface area contributed by atoms with Crippen molar-refractivity contribution in [3.05, 3.63) is 22.7 Å². The van der Waals surface area contributed by atoms with Crippen LogP contribution in [0.4, 0.5) is 5.69 Å². The monoisotopic (exact) mass is 271 g/mol. The number of halogens is 1. The topological polar surface area (TPSA) is 35.2 Å². The van der Waals surface area contributed by atoms with Crippen molar-refractivity contribution in [3.63, 3.8) is 0 Å². The van der Waals surface area contributed by atoms with Gasteiger partial charge in [0.25, 0.3) is 8.32 Å². The van der Waals surface area contributed by atoms with Gasteiger partial charge >= 0.3 is 0 Å². The maximum atomic E-state index is 6.24. The number of aryl methyl sites for hydroxylation is 1. The molecule has 1 aromatic rings. The molecule has 2 nitrogen and oxygen atoms in total. The quantitative estimate of drug-likeness (QED) is 0.629.